The van der Waals surface area contributed by atoms with E-state index in [0.29, 0.717) is 10.9 Å². The molecule has 1 aromatic rings. The maximum absolute atomic E-state index is 14.8. The number of hydrogen-bond donors (Lipinski definition) is 1. The van der Waals surface area contributed by atoms with Crippen molar-refractivity contribution < 1.29 is 27.1 Å². The van der Waals surface area contributed by atoms with Gasteiger partial charge in [0, 0.05) is 23.7 Å². The first-order valence-electron chi connectivity index (χ1n) is 9.01. The average molecular weight is 492 g/mol. The molecule has 1 unspecified atom stereocenters. The van der Waals surface area contributed by atoms with Crippen LogP contribution in [0.2, 0.25) is 0 Å². The molecule has 1 aromatic carbocycles. The number of ether oxygens (including phenoxy) is 2. The average Bonchev–Trinajstić information content (AvgIpc) is 2.60. The van der Waals surface area contributed by atoms with Gasteiger partial charge in [0.15, 0.2) is 0 Å². The SMILES string of the molecule is CN1C(NC(=O)OC(C)(C)C)=N[C@@]2(c3cc(Br)ccc3F)CCCOC2S1(=O)=O. The van der Waals surface area contributed by atoms with Crippen molar-refractivity contribution in [3.05, 3.63) is 34.1 Å². The van der Waals surface area contributed by atoms with Crippen LogP contribution in [0, 0.1) is 5.82 Å². The van der Waals surface area contributed by atoms with Crippen molar-refractivity contribution in [2.75, 3.05) is 13.7 Å². The smallest absolute Gasteiger partial charge is 0.414 e. The van der Waals surface area contributed by atoms with E-state index in [1.807, 2.05) is 0 Å². The number of alkyl carbamates (subject to hydrolysis) is 1. The fourth-order valence-corrected chi connectivity index (χ4v) is 5.44. The molecule has 2 aliphatic heterocycles. The predicted octanol–water partition coefficient (Wildman–Crippen LogP) is 3.08. The lowest BCUT2D eigenvalue weighted by molar-refractivity contribution is 0.000117. The number of nitrogens with one attached hydrogen (secondary N) is 1. The summed E-state index contributed by atoms with van der Waals surface area (Å²) in [6, 6.07) is 4.24. The maximum atomic E-state index is 14.8. The zero-order chi connectivity index (χ0) is 21.6. The van der Waals surface area contributed by atoms with E-state index < -0.39 is 38.5 Å². The van der Waals surface area contributed by atoms with E-state index in [4.69, 9.17) is 9.47 Å². The van der Waals surface area contributed by atoms with Crippen molar-refractivity contribution in [1.29, 1.82) is 0 Å². The lowest BCUT2D eigenvalue weighted by atomic mass is 9.84. The highest BCUT2D eigenvalue weighted by Crippen LogP contribution is 2.46. The summed E-state index contributed by atoms with van der Waals surface area (Å²) in [6.45, 7) is 5.25. The molecule has 1 amide bonds. The molecule has 0 aliphatic carbocycles. The quantitative estimate of drug-likeness (QED) is 0.650. The summed E-state index contributed by atoms with van der Waals surface area (Å²) in [6.07, 6.45) is -0.152. The number of sulfonamides is 1. The van der Waals surface area contributed by atoms with Crippen molar-refractivity contribution in [1.82, 2.24) is 9.62 Å². The van der Waals surface area contributed by atoms with Gasteiger partial charge in [-0.3, -0.25) is 5.32 Å². The molecule has 2 heterocycles. The number of rotatable bonds is 1. The van der Waals surface area contributed by atoms with Crippen LogP contribution in [-0.2, 0) is 25.0 Å². The summed E-state index contributed by atoms with van der Waals surface area (Å²) in [5.74, 6) is -0.857. The molecule has 1 saturated heterocycles. The molecule has 0 saturated carbocycles. The van der Waals surface area contributed by atoms with E-state index in [1.165, 1.54) is 25.2 Å². The first-order valence-corrected chi connectivity index (χ1v) is 11.3. The second kappa shape index (κ2) is 7.51. The summed E-state index contributed by atoms with van der Waals surface area (Å²) >= 11 is 3.30. The van der Waals surface area contributed by atoms with Crippen LogP contribution in [-0.4, -0.2) is 49.5 Å². The monoisotopic (exact) mass is 491 g/mol. The van der Waals surface area contributed by atoms with Gasteiger partial charge in [0.05, 0.1) is 0 Å². The van der Waals surface area contributed by atoms with Gasteiger partial charge >= 0.3 is 6.09 Å². The number of guanidine groups is 1. The van der Waals surface area contributed by atoms with Crippen molar-refractivity contribution in [3.8, 4) is 0 Å². The van der Waals surface area contributed by atoms with E-state index in [2.05, 4.69) is 26.2 Å². The summed E-state index contributed by atoms with van der Waals surface area (Å²) in [7, 11) is -2.85. The number of benzene rings is 1. The Bertz CT molecular complexity index is 963. The molecule has 0 aromatic heterocycles. The van der Waals surface area contributed by atoms with Crippen LogP contribution in [0.1, 0.15) is 39.2 Å². The minimum Gasteiger partial charge on any atom is -0.444 e. The third kappa shape index (κ3) is 4.13. The molecule has 29 heavy (non-hydrogen) atoms. The fraction of sp³-hybridized carbons (Fsp3) is 0.556. The first kappa shape index (κ1) is 22.0. The normalized spacial score (nSPS) is 26.3. The number of aliphatic imine (C=N–C) groups is 1. The Morgan fingerprint density at radius 3 is 2.79 bits per heavy atom. The summed E-state index contributed by atoms with van der Waals surface area (Å²) in [5, 5.41) is 2.39. The number of amides is 1. The zero-order valence-corrected chi connectivity index (χ0v) is 18.9. The van der Waals surface area contributed by atoms with Crippen LogP contribution in [0.15, 0.2) is 27.7 Å². The number of fused-ring (bicyclic) bond motifs is 1. The van der Waals surface area contributed by atoms with Gasteiger partial charge in [-0.2, -0.15) is 0 Å². The van der Waals surface area contributed by atoms with Crippen LogP contribution in [0.5, 0.6) is 0 Å². The molecule has 0 bridgehead atoms. The highest BCUT2D eigenvalue weighted by atomic mass is 79.9. The molecule has 8 nitrogen and oxygen atoms in total. The molecule has 160 valence electrons. The van der Waals surface area contributed by atoms with Crippen LogP contribution in [0.4, 0.5) is 9.18 Å². The standard InChI is InChI=1S/C18H23BrFN3O5S/c1-17(2,3)28-16(24)21-15-22-18(12-10-11(19)6-7-13(12)20)8-5-9-27-14(18)29(25,26)23(15)4/h6-7,10,14H,5,8-9H2,1-4H3,(H,21,22,24)/t14?,18-/m1/s1. The molecule has 2 atom stereocenters. The van der Waals surface area contributed by atoms with Gasteiger partial charge in [-0.1, -0.05) is 15.9 Å². The molecule has 0 spiro atoms. The minimum atomic E-state index is -4.11. The van der Waals surface area contributed by atoms with E-state index in [0.717, 1.165) is 4.31 Å². The third-order valence-corrected chi connectivity index (χ3v) is 7.12. The van der Waals surface area contributed by atoms with E-state index in [1.54, 1.807) is 20.8 Å². The Labute approximate surface area is 177 Å². The second-order valence-corrected chi connectivity index (χ2v) is 10.9. The Hall–Kier alpha value is -1.72. The Morgan fingerprint density at radius 2 is 2.14 bits per heavy atom. The Balaban J connectivity index is 2.15. The van der Waals surface area contributed by atoms with Crippen LogP contribution in [0.25, 0.3) is 0 Å². The first-order chi connectivity index (χ1) is 13.4. The van der Waals surface area contributed by atoms with Crippen LogP contribution in [0.3, 0.4) is 0 Å². The summed E-state index contributed by atoms with van der Waals surface area (Å²) in [5.41, 5.74) is -3.66. The highest BCUT2D eigenvalue weighted by Gasteiger charge is 2.57. The molecule has 1 fully saturated rings. The van der Waals surface area contributed by atoms with Crippen molar-refractivity contribution >= 4 is 38.0 Å². The molecule has 11 heteroatoms. The lowest BCUT2D eigenvalue weighted by Crippen LogP contribution is -2.61. The molecule has 3 rings (SSSR count). The van der Waals surface area contributed by atoms with Gasteiger partial charge < -0.3 is 9.47 Å². The molecular formula is C18H23BrFN3O5S. The lowest BCUT2D eigenvalue weighted by Gasteiger charge is -2.46. The Morgan fingerprint density at radius 1 is 1.45 bits per heavy atom. The number of carbonyl (C=O) groups is 1. The highest BCUT2D eigenvalue weighted by molar-refractivity contribution is 9.10. The van der Waals surface area contributed by atoms with E-state index in [9.17, 15) is 17.6 Å². The minimum absolute atomic E-state index is 0.0803. The van der Waals surface area contributed by atoms with Gasteiger partial charge in [-0.05, 0) is 51.8 Å². The van der Waals surface area contributed by atoms with Gasteiger partial charge in [-0.15, -0.1) is 0 Å². The third-order valence-electron chi connectivity index (χ3n) is 4.62. The van der Waals surface area contributed by atoms with E-state index >= 15 is 0 Å². The second-order valence-electron chi connectivity index (χ2n) is 7.93. The maximum Gasteiger partial charge on any atom is 0.414 e. The Kier molecular flexibility index (Phi) is 5.69. The van der Waals surface area contributed by atoms with Gasteiger partial charge in [-0.25, -0.2) is 26.9 Å². The fourth-order valence-electron chi connectivity index (χ4n) is 3.40. The predicted molar refractivity (Wildman–Crippen MR) is 108 cm³/mol. The van der Waals surface area contributed by atoms with Gasteiger partial charge in [0.2, 0.25) is 11.4 Å². The van der Waals surface area contributed by atoms with Crippen molar-refractivity contribution in [2.24, 2.45) is 4.99 Å². The van der Waals surface area contributed by atoms with Crippen molar-refractivity contribution in [2.45, 2.75) is 50.2 Å². The molecule has 0 radical (unpaired) electrons. The van der Waals surface area contributed by atoms with Gasteiger partial charge in [0.1, 0.15) is 17.0 Å². The van der Waals surface area contributed by atoms with Crippen molar-refractivity contribution in [3.63, 3.8) is 0 Å². The number of halogens is 2. The molecular weight excluding hydrogens is 469 g/mol. The van der Waals surface area contributed by atoms with E-state index in [-0.39, 0.29) is 24.6 Å². The summed E-state index contributed by atoms with van der Waals surface area (Å²) in [4.78, 5) is 16.8. The van der Waals surface area contributed by atoms with Gasteiger partial charge in [0.25, 0.3) is 10.0 Å². The molecule has 2 aliphatic rings. The molecule has 1 N–H and O–H groups in total. The number of nitrogens with zero attached hydrogens (tertiary/aromatic N) is 2. The largest absolute Gasteiger partial charge is 0.444 e. The van der Waals surface area contributed by atoms with Crippen LogP contribution >= 0.6 is 15.9 Å². The van der Waals surface area contributed by atoms with Crippen LogP contribution < -0.4 is 5.32 Å². The zero-order valence-electron chi connectivity index (χ0n) is 16.5. The topological polar surface area (TPSA) is 97.3 Å². The number of carbonyl (C=O) groups excluding carboxylic acids is 1. The summed E-state index contributed by atoms with van der Waals surface area (Å²) < 4.78 is 53.4. The number of hydrogen-bond acceptors (Lipinski definition) is 6.